The fraction of sp³-hybridized carbons (Fsp3) is 0.833. The van der Waals surface area contributed by atoms with Crippen molar-refractivity contribution in [1.82, 2.24) is 55.6 Å². The molecule has 3 saturated carbocycles. The van der Waals surface area contributed by atoms with E-state index in [1.165, 1.54) is 66.8 Å². The molecule has 0 bridgehead atoms. The van der Waals surface area contributed by atoms with Crippen molar-refractivity contribution in [3.05, 3.63) is 0 Å². The topological polar surface area (TPSA) is 259 Å². The Morgan fingerprint density at radius 2 is 1.16 bits per heavy atom. The van der Waals surface area contributed by atoms with Gasteiger partial charge in [0.05, 0.1) is 25.6 Å². The zero-order chi connectivity index (χ0) is 68.7. The van der Waals surface area contributed by atoms with E-state index < -0.39 is 156 Å². The summed E-state index contributed by atoms with van der Waals surface area (Å²) < 4.78 is 41.9. The lowest BCUT2D eigenvalue weighted by Crippen LogP contribution is -2.64. The molecule has 0 radical (unpaired) electrons. The number of carbonyl (C=O) groups is 11. The third kappa shape index (κ3) is 20.9. The maximum atomic E-state index is 15.2. The summed E-state index contributed by atoms with van der Waals surface area (Å²) in [6.07, 6.45) is 3.87. The summed E-state index contributed by atoms with van der Waals surface area (Å²) in [5.41, 5.74) is -1.50. The van der Waals surface area contributed by atoms with E-state index in [-0.39, 0.29) is 101 Å². The maximum Gasteiger partial charge on any atom is 0.393 e. The molecule has 522 valence electrons. The molecule has 11 atom stereocenters. The standard InChI is InChI=1S/C66H109ClF3N11O11/c1-14-42(6)57-63(91)77(10)38-55(84)75(8)39-56(85)78(11)52(36-44-22-16-15-17-23-44)62(90)76(9)37-53(82)72-48(28-26-45-25-27-46(47(67)35-45)66(68,69)70)61(89)79(12)51(33-41(4)5)60(88)74-65(29-19-20-30-65)64(92)80(13)50(32-40(2)3)59(87)71-43(7)34-54(83)81-31-21-18-24-49(81)58(86)73-57/h40-52,57H,14-39H2,1-13H3,(H,71,87)(H,72,82)(H,73,86)(H,74,88)/t42-,43+,45?,46?,47?,48-,49-,50-,51-,52-,57-/m0/s1. The molecule has 0 aromatic rings. The first-order valence-corrected chi connectivity index (χ1v) is 34.3. The number of alkyl halides is 4. The average molecular weight is 1330 g/mol. The van der Waals surface area contributed by atoms with Crippen LogP contribution in [0.3, 0.4) is 0 Å². The summed E-state index contributed by atoms with van der Waals surface area (Å²) in [5.74, 6) is -9.27. The number of hydrogen-bond acceptors (Lipinski definition) is 11. The van der Waals surface area contributed by atoms with Crippen molar-refractivity contribution < 1.29 is 65.9 Å². The van der Waals surface area contributed by atoms with E-state index in [4.69, 9.17) is 11.6 Å². The van der Waals surface area contributed by atoms with Crippen LogP contribution in [0, 0.1) is 35.5 Å². The molecule has 0 aromatic carbocycles. The van der Waals surface area contributed by atoms with E-state index >= 15 is 14.4 Å². The Morgan fingerprint density at radius 3 is 1.75 bits per heavy atom. The summed E-state index contributed by atoms with van der Waals surface area (Å²) in [4.78, 5) is 169. The van der Waals surface area contributed by atoms with E-state index in [1.807, 2.05) is 34.6 Å². The first kappa shape index (κ1) is 77.0. The Balaban J connectivity index is 1.55. The molecule has 92 heavy (non-hydrogen) atoms. The molecule has 4 N–H and O–H groups in total. The van der Waals surface area contributed by atoms with Crippen LogP contribution >= 0.6 is 11.6 Å². The summed E-state index contributed by atoms with van der Waals surface area (Å²) in [5, 5.41) is 10.5. The third-order valence-electron chi connectivity index (χ3n) is 20.1. The fourth-order valence-electron chi connectivity index (χ4n) is 14.2. The number of carbonyl (C=O) groups excluding carboxylic acids is 11. The van der Waals surface area contributed by atoms with Gasteiger partial charge in [-0.1, -0.05) is 92.9 Å². The Hall–Kier alpha value is -5.75. The maximum absolute atomic E-state index is 15.2. The second-order valence-electron chi connectivity index (χ2n) is 28.5. The molecule has 2 heterocycles. The van der Waals surface area contributed by atoms with Gasteiger partial charge in [-0.25, -0.2) is 0 Å². The molecule has 5 rings (SSSR count). The minimum Gasteiger partial charge on any atom is -0.351 e. The Bertz CT molecular complexity index is 2590. The highest BCUT2D eigenvalue weighted by Gasteiger charge is 2.50. The number of amides is 11. The van der Waals surface area contributed by atoms with Crippen molar-refractivity contribution in [2.24, 2.45) is 35.5 Å². The molecular formula is C66H109ClF3N11O11. The minimum atomic E-state index is -4.50. The van der Waals surface area contributed by atoms with Crippen LogP contribution in [0.4, 0.5) is 13.2 Å². The Morgan fingerprint density at radius 1 is 0.576 bits per heavy atom. The van der Waals surface area contributed by atoms with Crippen molar-refractivity contribution >= 4 is 76.6 Å². The van der Waals surface area contributed by atoms with Gasteiger partial charge in [-0.05, 0) is 120 Å². The van der Waals surface area contributed by atoms with Gasteiger partial charge in [0.15, 0.2) is 0 Å². The second kappa shape index (κ2) is 34.6. The average Bonchev–Trinajstić information content (AvgIpc) is 1.46. The molecule has 2 saturated heterocycles. The molecular weight excluding hydrogens is 1220 g/mol. The van der Waals surface area contributed by atoms with Crippen LogP contribution in [0.25, 0.3) is 0 Å². The largest absolute Gasteiger partial charge is 0.393 e. The van der Waals surface area contributed by atoms with Crippen LogP contribution in [0.1, 0.15) is 190 Å². The zero-order valence-electron chi connectivity index (χ0n) is 57.1. The molecule has 5 fully saturated rings. The number of hydrogen-bond donors (Lipinski definition) is 4. The van der Waals surface area contributed by atoms with Gasteiger partial charge in [0.25, 0.3) is 0 Å². The van der Waals surface area contributed by atoms with Crippen molar-refractivity contribution in [2.45, 2.75) is 249 Å². The monoisotopic (exact) mass is 1320 g/mol. The lowest BCUT2D eigenvalue weighted by Gasteiger charge is -2.40. The molecule has 26 heteroatoms. The second-order valence-corrected chi connectivity index (χ2v) is 29.0. The Labute approximate surface area is 549 Å². The lowest BCUT2D eigenvalue weighted by molar-refractivity contribution is -0.182. The van der Waals surface area contributed by atoms with Crippen molar-refractivity contribution in [1.29, 1.82) is 0 Å². The van der Waals surface area contributed by atoms with E-state index in [1.54, 1.807) is 13.8 Å². The number of piperidine rings is 1. The predicted molar refractivity (Wildman–Crippen MR) is 343 cm³/mol. The van der Waals surface area contributed by atoms with Crippen molar-refractivity contribution in [3.63, 3.8) is 0 Å². The van der Waals surface area contributed by atoms with Gasteiger partial charge in [-0.15, -0.1) is 11.6 Å². The van der Waals surface area contributed by atoms with E-state index in [0.29, 0.717) is 38.5 Å². The van der Waals surface area contributed by atoms with E-state index in [2.05, 4.69) is 21.3 Å². The summed E-state index contributed by atoms with van der Waals surface area (Å²) >= 11 is 6.38. The summed E-state index contributed by atoms with van der Waals surface area (Å²) in [6.45, 7) is 11.5. The fourth-order valence-corrected chi connectivity index (χ4v) is 14.7. The number of fused-ring (bicyclic) bond motifs is 1. The van der Waals surface area contributed by atoms with Gasteiger partial charge in [0, 0.05) is 66.7 Å². The molecule has 2 aliphatic heterocycles. The van der Waals surface area contributed by atoms with Gasteiger partial charge in [-0.3, -0.25) is 52.7 Å². The van der Waals surface area contributed by atoms with Crippen LogP contribution in [-0.4, -0.2) is 227 Å². The van der Waals surface area contributed by atoms with E-state index in [0.717, 1.165) is 41.9 Å². The normalized spacial score (nSPS) is 29.6. The van der Waals surface area contributed by atoms with Gasteiger partial charge < -0.3 is 55.6 Å². The third-order valence-corrected chi connectivity index (χ3v) is 20.6. The smallest absolute Gasteiger partial charge is 0.351 e. The highest BCUT2D eigenvalue weighted by atomic mass is 35.5. The number of halogens is 4. The number of likely N-dealkylation sites (N-methyl/N-ethyl adjacent to an activating group) is 6. The summed E-state index contributed by atoms with van der Waals surface area (Å²) in [6, 6.07) is -7.56. The quantitative estimate of drug-likeness (QED) is 0.174. The molecule has 11 amide bonds. The van der Waals surface area contributed by atoms with Crippen LogP contribution in [0.5, 0.6) is 0 Å². The van der Waals surface area contributed by atoms with Crippen LogP contribution in [-0.2, 0) is 52.7 Å². The molecule has 5 aliphatic rings. The highest BCUT2D eigenvalue weighted by molar-refractivity contribution is 6.20. The molecule has 0 aromatic heterocycles. The molecule has 3 aliphatic carbocycles. The first-order chi connectivity index (χ1) is 43.1. The number of rotatable bonds is 11. The number of nitrogens with one attached hydrogen (secondary N) is 4. The van der Waals surface area contributed by atoms with Crippen LogP contribution in [0.2, 0.25) is 0 Å². The van der Waals surface area contributed by atoms with E-state index in [9.17, 15) is 51.5 Å². The Kier molecular flexibility index (Phi) is 28.9. The highest BCUT2D eigenvalue weighted by Crippen LogP contribution is 2.44. The predicted octanol–water partition coefficient (Wildman–Crippen LogP) is 6.01. The van der Waals surface area contributed by atoms with Gasteiger partial charge in [0.2, 0.25) is 65.0 Å². The SMILES string of the molecule is CC[C@H](C)[C@@H]1NC(=O)[C@@H]2CCCCN2C(=O)C[C@@H](C)NC(=O)[C@H](CC(C)C)N(C)C(=O)C2(CCCC2)NC(=O)[C@H](CC(C)C)N(C)C(=O)[C@H](CCC2CCC(C(F)(F)F)C(Cl)C2)NC(=O)CN(C)C(=O)[C@H](CC2CCCCC2)N(C)C(=O)CN(C)C(=O)CN(C)C1=O. The number of nitrogens with zero attached hydrogens (tertiary/aromatic N) is 7. The van der Waals surface area contributed by atoms with Crippen LogP contribution < -0.4 is 21.3 Å². The molecule has 3 unspecified atom stereocenters. The molecule has 1 spiro atoms. The summed E-state index contributed by atoms with van der Waals surface area (Å²) in [7, 11) is 8.59. The lowest BCUT2D eigenvalue weighted by atomic mass is 9.78. The first-order valence-electron chi connectivity index (χ1n) is 33.9. The van der Waals surface area contributed by atoms with Crippen LogP contribution in [0.15, 0.2) is 0 Å². The minimum absolute atomic E-state index is 0.00308. The zero-order valence-corrected chi connectivity index (χ0v) is 57.9. The van der Waals surface area contributed by atoms with Crippen molar-refractivity contribution in [2.75, 3.05) is 68.5 Å². The molecule has 22 nitrogen and oxygen atoms in total. The van der Waals surface area contributed by atoms with Crippen molar-refractivity contribution in [3.8, 4) is 0 Å². The van der Waals surface area contributed by atoms with Gasteiger partial charge in [0.1, 0.15) is 41.8 Å². The van der Waals surface area contributed by atoms with Gasteiger partial charge >= 0.3 is 6.18 Å². The van der Waals surface area contributed by atoms with Gasteiger partial charge in [-0.2, -0.15) is 13.2 Å².